The molecule has 1 aliphatic rings. The van der Waals surface area contributed by atoms with Crippen molar-refractivity contribution in [1.82, 2.24) is 4.90 Å². The third kappa shape index (κ3) is 2.90. The quantitative estimate of drug-likeness (QED) is 0.908. The summed E-state index contributed by atoms with van der Waals surface area (Å²) in [5.41, 5.74) is 6.30. The van der Waals surface area contributed by atoms with Crippen molar-refractivity contribution in [2.24, 2.45) is 5.73 Å². The minimum Gasteiger partial charge on any atom is -0.361 e. The molecule has 4 heteroatoms. The molecule has 1 atom stereocenters. The van der Waals surface area contributed by atoms with Crippen LogP contribution >= 0.6 is 0 Å². The Balaban J connectivity index is 2.29. The van der Waals surface area contributed by atoms with Crippen molar-refractivity contribution in [1.29, 1.82) is 0 Å². The summed E-state index contributed by atoms with van der Waals surface area (Å²) in [6.45, 7) is 6.72. The molecule has 0 amide bonds. The van der Waals surface area contributed by atoms with E-state index in [1.54, 1.807) is 6.07 Å². The number of nitrogens with two attached hydrogens (primary N) is 1. The van der Waals surface area contributed by atoms with Crippen LogP contribution in [0.3, 0.4) is 0 Å². The second kappa shape index (κ2) is 5.47. The smallest absolute Gasteiger partial charge is 0.146 e. The van der Waals surface area contributed by atoms with E-state index in [1.807, 2.05) is 12.1 Å². The molecule has 0 saturated carbocycles. The van der Waals surface area contributed by atoms with Gasteiger partial charge in [-0.3, -0.25) is 4.90 Å². The molecular weight excluding hydrogens is 241 g/mol. The Morgan fingerprint density at radius 1 is 1.37 bits per heavy atom. The van der Waals surface area contributed by atoms with Gasteiger partial charge in [0.15, 0.2) is 0 Å². The topological polar surface area (TPSA) is 32.5 Å². The highest BCUT2D eigenvalue weighted by Gasteiger charge is 2.37. The molecule has 0 aliphatic carbocycles. The molecule has 106 valence electrons. The minimum absolute atomic E-state index is 0.0813. The lowest BCUT2D eigenvalue weighted by Crippen LogP contribution is -2.63. The fourth-order valence-electron chi connectivity index (χ4n) is 3.02. The van der Waals surface area contributed by atoms with Gasteiger partial charge in [0.1, 0.15) is 5.82 Å². The SMILES string of the molecule is CN1CC(C)(C)N(c2ccccc2F)CC1CCN. The third-order valence-corrected chi connectivity index (χ3v) is 4.03. The van der Waals surface area contributed by atoms with Gasteiger partial charge in [-0.05, 0) is 46.0 Å². The molecule has 3 nitrogen and oxygen atoms in total. The largest absolute Gasteiger partial charge is 0.361 e. The molecule has 2 N–H and O–H groups in total. The molecule has 0 spiro atoms. The molecule has 1 fully saturated rings. The first-order chi connectivity index (χ1) is 8.95. The Bertz CT molecular complexity index is 433. The Labute approximate surface area is 115 Å². The van der Waals surface area contributed by atoms with Gasteiger partial charge in [0.2, 0.25) is 0 Å². The Morgan fingerprint density at radius 3 is 2.68 bits per heavy atom. The number of halogens is 1. The maximum absolute atomic E-state index is 14.0. The second-order valence-electron chi connectivity index (χ2n) is 6.02. The first-order valence-electron chi connectivity index (χ1n) is 6.88. The molecule has 1 unspecified atom stereocenters. The first kappa shape index (κ1) is 14.3. The van der Waals surface area contributed by atoms with Crippen molar-refractivity contribution in [3.05, 3.63) is 30.1 Å². The highest BCUT2D eigenvalue weighted by atomic mass is 19.1. The molecule has 0 radical (unpaired) electrons. The highest BCUT2D eigenvalue weighted by Crippen LogP contribution is 2.31. The van der Waals surface area contributed by atoms with Crippen LogP contribution in [0.4, 0.5) is 10.1 Å². The van der Waals surface area contributed by atoms with Gasteiger partial charge in [-0.2, -0.15) is 0 Å². The van der Waals surface area contributed by atoms with Gasteiger partial charge in [-0.1, -0.05) is 12.1 Å². The van der Waals surface area contributed by atoms with Crippen LogP contribution in [0.1, 0.15) is 20.3 Å². The van der Waals surface area contributed by atoms with Gasteiger partial charge in [-0.15, -0.1) is 0 Å². The van der Waals surface area contributed by atoms with Gasteiger partial charge >= 0.3 is 0 Å². The van der Waals surface area contributed by atoms with E-state index in [0.29, 0.717) is 18.3 Å². The first-order valence-corrected chi connectivity index (χ1v) is 6.88. The van der Waals surface area contributed by atoms with Crippen LogP contribution in [0.25, 0.3) is 0 Å². The van der Waals surface area contributed by atoms with Crippen LogP contribution in [-0.4, -0.2) is 43.2 Å². The van der Waals surface area contributed by atoms with Crippen LogP contribution in [-0.2, 0) is 0 Å². The molecule has 1 heterocycles. The summed E-state index contributed by atoms with van der Waals surface area (Å²) >= 11 is 0. The molecule has 0 bridgehead atoms. The van der Waals surface area contributed by atoms with E-state index >= 15 is 0 Å². The van der Waals surface area contributed by atoms with Crippen molar-refractivity contribution >= 4 is 5.69 Å². The Morgan fingerprint density at radius 2 is 2.05 bits per heavy atom. The number of hydrogen-bond donors (Lipinski definition) is 1. The van der Waals surface area contributed by atoms with Crippen molar-refractivity contribution in [3.63, 3.8) is 0 Å². The van der Waals surface area contributed by atoms with Crippen LogP contribution in [0, 0.1) is 5.82 Å². The standard InChI is InChI=1S/C15H24FN3/c1-15(2)11-18(3)12(8-9-17)10-19(15)14-7-5-4-6-13(14)16/h4-7,12H,8-11,17H2,1-3H3. The van der Waals surface area contributed by atoms with E-state index in [-0.39, 0.29) is 11.4 Å². The van der Waals surface area contributed by atoms with E-state index in [2.05, 4.69) is 30.7 Å². The van der Waals surface area contributed by atoms with E-state index in [9.17, 15) is 4.39 Å². The monoisotopic (exact) mass is 265 g/mol. The predicted molar refractivity (Wildman–Crippen MR) is 77.9 cm³/mol. The Hall–Kier alpha value is -1.13. The maximum Gasteiger partial charge on any atom is 0.146 e. The predicted octanol–water partition coefficient (Wildman–Crippen LogP) is 2.07. The van der Waals surface area contributed by atoms with Gasteiger partial charge in [0.05, 0.1) is 5.69 Å². The minimum atomic E-state index is -0.147. The van der Waals surface area contributed by atoms with Crippen LogP contribution in [0.15, 0.2) is 24.3 Å². The number of piperazine rings is 1. The summed E-state index contributed by atoms with van der Waals surface area (Å²) in [5, 5.41) is 0. The molecule has 1 aliphatic heterocycles. The lowest BCUT2D eigenvalue weighted by molar-refractivity contribution is 0.145. The lowest BCUT2D eigenvalue weighted by Gasteiger charge is -2.51. The van der Waals surface area contributed by atoms with Crippen molar-refractivity contribution in [2.45, 2.75) is 31.8 Å². The normalized spacial score (nSPS) is 23.6. The van der Waals surface area contributed by atoms with E-state index in [0.717, 1.165) is 19.5 Å². The summed E-state index contributed by atoms with van der Waals surface area (Å²) in [6.07, 6.45) is 0.942. The number of rotatable bonds is 3. The number of nitrogens with zero attached hydrogens (tertiary/aromatic N) is 2. The fourth-order valence-corrected chi connectivity index (χ4v) is 3.02. The number of para-hydroxylation sites is 1. The summed E-state index contributed by atoms with van der Waals surface area (Å²) in [7, 11) is 2.13. The maximum atomic E-state index is 14.0. The van der Waals surface area contributed by atoms with Crippen LogP contribution < -0.4 is 10.6 Å². The summed E-state index contributed by atoms with van der Waals surface area (Å²) in [5.74, 6) is -0.147. The summed E-state index contributed by atoms with van der Waals surface area (Å²) in [6, 6.07) is 7.41. The molecule has 1 aromatic carbocycles. The van der Waals surface area contributed by atoms with Crippen molar-refractivity contribution in [3.8, 4) is 0 Å². The summed E-state index contributed by atoms with van der Waals surface area (Å²) in [4.78, 5) is 4.52. The zero-order valence-electron chi connectivity index (χ0n) is 12.1. The molecule has 1 saturated heterocycles. The molecule has 19 heavy (non-hydrogen) atoms. The molecule has 0 aromatic heterocycles. The third-order valence-electron chi connectivity index (χ3n) is 4.03. The van der Waals surface area contributed by atoms with Crippen LogP contribution in [0.5, 0.6) is 0 Å². The van der Waals surface area contributed by atoms with Crippen LogP contribution in [0.2, 0.25) is 0 Å². The van der Waals surface area contributed by atoms with E-state index in [1.165, 1.54) is 6.07 Å². The van der Waals surface area contributed by atoms with Gasteiger partial charge in [0.25, 0.3) is 0 Å². The van der Waals surface area contributed by atoms with Gasteiger partial charge < -0.3 is 10.6 Å². The number of hydrogen-bond acceptors (Lipinski definition) is 3. The average Bonchev–Trinajstić information content (AvgIpc) is 2.33. The van der Waals surface area contributed by atoms with E-state index < -0.39 is 0 Å². The van der Waals surface area contributed by atoms with E-state index in [4.69, 9.17) is 5.73 Å². The van der Waals surface area contributed by atoms with Gasteiger partial charge in [-0.25, -0.2) is 4.39 Å². The number of likely N-dealkylation sites (N-methyl/N-ethyl adjacent to an activating group) is 1. The second-order valence-corrected chi connectivity index (χ2v) is 6.02. The van der Waals surface area contributed by atoms with Gasteiger partial charge in [0, 0.05) is 24.7 Å². The zero-order valence-corrected chi connectivity index (χ0v) is 12.1. The summed E-state index contributed by atoms with van der Waals surface area (Å²) < 4.78 is 14.0. The van der Waals surface area contributed by atoms with Crippen molar-refractivity contribution in [2.75, 3.05) is 31.6 Å². The fraction of sp³-hybridized carbons (Fsp3) is 0.600. The molecule has 1 aromatic rings. The zero-order chi connectivity index (χ0) is 14.0. The van der Waals surface area contributed by atoms with Crippen molar-refractivity contribution < 1.29 is 4.39 Å². The Kier molecular flexibility index (Phi) is 4.11. The molecule has 2 rings (SSSR count). The average molecular weight is 265 g/mol. The number of anilines is 1. The highest BCUT2D eigenvalue weighted by molar-refractivity contribution is 5.51. The lowest BCUT2D eigenvalue weighted by atomic mass is 9.93. The molecular formula is C15H24FN3. The number of benzene rings is 1.